The van der Waals surface area contributed by atoms with Gasteiger partial charge in [0.05, 0.1) is 25.3 Å². The SMILES string of the molecule is COc1ccc2c(c1)N(C(=O)[C@@H]1Cc3ccccc31)CCO2. The molecular weight excluding hydrogens is 278 g/mol. The molecule has 2 aromatic carbocycles. The van der Waals surface area contributed by atoms with Crippen molar-refractivity contribution < 1.29 is 14.3 Å². The molecule has 2 aliphatic rings. The second-order valence-corrected chi connectivity index (χ2v) is 5.63. The van der Waals surface area contributed by atoms with Gasteiger partial charge in [0.2, 0.25) is 5.91 Å². The molecule has 0 N–H and O–H groups in total. The molecule has 4 heteroatoms. The summed E-state index contributed by atoms with van der Waals surface area (Å²) in [6, 6.07) is 13.7. The van der Waals surface area contributed by atoms with Crippen molar-refractivity contribution in [2.24, 2.45) is 0 Å². The maximum absolute atomic E-state index is 12.9. The zero-order valence-electron chi connectivity index (χ0n) is 12.4. The lowest BCUT2D eigenvalue weighted by atomic mass is 9.76. The molecular formula is C18H17NO3. The van der Waals surface area contributed by atoms with Gasteiger partial charge < -0.3 is 14.4 Å². The smallest absolute Gasteiger partial charge is 0.235 e. The summed E-state index contributed by atoms with van der Waals surface area (Å²) in [5, 5.41) is 0. The third kappa shape index (κ3) is 1.95. The quantitative estimate of drug-likeness (QED) is 0.855. The Morgan fingerprint density at radius 2 is 2.14 bits per heavy atom. The van der Waals surface area contributed by atoms with E-state index in [4.69, 9.17) is 9.47 Å². The Balaban J connectivity index is 1.66. The molecule has 1 amide bonds. The van der Waals surface area contributed by atoms with Gasteiger partial charge in [-0.25, -0.2) is 0 Å². The predicted molar refractivity (Wildman–Crippen MR) is 83.7 cm³/mol. The summed E-state index contributed by atoms with van der Waals surface area (Å²) in [5.74, 6) is 1.59. The highest BCUT2D eigenvalue weighted by Crippen LogP contribution is 2.40. The monoisotopic (exact) mass is 295 g/mol. The number of hydrogen-bond donors (Lipinski definition) is 0. The Labute approximate surface area is 129 Å². The fraction of sp³-hybridized carbons (Fsp3) is 0.278. The lowest BCUT2D eigenvalue weighted by molar-refractivity contribution is -0.120. The molecule has 0 saturated carbocycles. The highest BCUT2D eigenvalue weighted by molar-refractivity contribution is 6.01. The number of hydrogen-bond acceptors (Lipinski definition) is 3. The molecule has 1 aliphatic carbocycles. The second-order valence-electron chi connectivity index (χ2n) is 5.63. The third-order valence-electron chi connectivity index (χ3n) is 4.45. The highest BCUT2D eigenvalue weighted by Gasteiger charge is 2.37. The van der Waals surface area contributed by atoms with E-state index >= 15 is 0 Å². The number of carbonyl (C=O) groups is 1. The Hall–Kier alpha value is -2.49. The first kappa shape index (κ1) is 13.2. The number of nitrogens with zero attached hydrogens (tertiary/aromatic N) is 1. The van der Waals surface area contributed by atoms with Crippen LogP contribution < -0.4 is 14.4 Å². The summed E-state index contributed by atoms with van der Waals surface area (Å²) in [6.45, 7) is 1.11. The lowest BCUT2D eigenvalue weighted by Gasteiger charge is -2.36. The van der Waals surface area contributed by atoms with Crippen LogP contribution in [0, 0.1) is 0 Å². The van der Waals surface area contributed by atoms with Gasteiger partial charge in [-0.2, -0.15) is 0 Å². The molecule has 4 nitrogen and oxygen atoms in total. The minimum absolute atomic E-state index is 0.0339. The van der Waals surface area contributed by atoms with E-state index in [0.717, 1.165) is 29.2 Å². The van der Waals surface area contributed by atoms with Crippen LogP contribution in [0.5, 0.6) is 11.5 Å². The number of methoxy groups -OCH3 is 1. The third-order valence-corrected chi connectivity index (χ3v) is 4.45. The van der Waals surface area contributed by atoms with E-state index in [0.29, 0.717) is 13.2 Å². The van der Waals surface area contributed by atoms with Crippen molar-refractivity contribution in [1.29, 1.82) is 0 Å². The number of amides is 1. The Kier molecular flexibility index (Phi) is 3.03. The Morgan fingerprint density at radius 1 is 1.27 bits per heavy atom. The van der Waals surface area contributed by atoms with Crippen LogP contribution in [0.25, 0.3) is 0 Å². The molecule has 1 atom stereocenters. The summed E-state index contributed by atoms with van der Waals surface area (Å²) >= 11 is 0. The summed E-state index contributed by atoms with van der Waals surface area (Å²) in [5.41, 5.74) is 3.24. The van der Waals surface area contributed by atoms with Crippen LogP contribution in [0.3, 0.4) is 0 Å². The van der Waals surface area contributed by atoms with Crippen molar-refractivity contribution in [3.63, 3.8) is 0 Å². The zero-order valence-corrected chi connectivity index (χ0v) is 12.4. The normalized spacial score (nSPS) is 18.6. The average Bonchev–Trinajstić information content (AvgIpc) is 2.54. The molecule has 0 fully saturated rings. The molecule has 0 aromatic heterocycles. The Morgan fingerprint density at radius 3 is 2.95 bits per heavy atom. The van der Waals surface area contributed by atoms with Crippen LogP contribution >= 0.6 is 0 Å². The van der Waals surface area contributed by atoms with Gasteiger partial charge in [-0.1, -0.05) is 24.3 Å². The Bertz CT molecular complexity index is 741. The molecule has 4 rings (SSSR count). The van der Waals surface area contributed by atoms with E-state index in [-0.39, 0.29) is 11.8 Å². The van der Waals surface area contributed by atoms with Gasteiger partial charge in [-0.05, 0) is 29.7 Å². The molecule has 2 aromatic rings. The minimum Gasteiger partial charge on any atom is -0.497 e. The number of carbonyl (C=O) groups excluding carboxylic acids is 1. The molecule has 112 valence electrons. The summed E-state index contributed by atoms with van der Waals surface area (Å²) in [7, 11) is 1.62. The maximum atomic E-state index is 12.9. The van der Waals surface area contributed by atoms with Crippen LogP contribution in [-0.4, -0.2) is 26.2 Å². The number of ether oxygens (including phenoxy) is 2. The van der Waals surface area contributed by atoms with Gasteiger partial charge in [0.1, 0.15) is 18.1 Å². The first-order valence-corrected chi connectivity index (χ1v) is 7.48. The molecule has 0 unspecified atom stereocenters. The molecule has 1 aliphatic heterocycles. The van der Waals surface area contributed by atoms with Crippen LogP contribution in [0.1, 0.15) is 17.0 Å². The van der Waals surface area contributed by atoms with Crippen LogP contribution in [-0.2, 0) is 11.2 Å². The van der Waals surface area contributed by atoms with Crippen molar-refractivity contribution in [3.05, 3.63) is 53.6 Å². The van der Waals surface area contributed by atoms with Crippen LogP contribution in [0.4, 0.5) is 5.69 Å². The standard InChI is InChI=1S/C18H17NO3/c1-21-13-6-7-17-16(11-13)19(8-9-22-17)18(20)15-10-12-4-2-3-5-14(12)15/h2-7,11,15H,8-10H2,1H3/t15-/m1/s1. The highest BCUT2D eigenvalue weighted by atomic mass is 16.5. The van der Waals surface area contributed by atoms with E-state index in [2.05, 4.69) is 6.07 Å². The fourth-order valence-corrected chi connectivity index (χ4v) is 3.22. The van der Waals surface area contributed by atoms with Gasteiger partial charge in [0.25, 0.3) is 0 Å². The molecule has 0 spiro atoms. The van der Waals surface area contributed by atoms with E-state index in [1.165, 1.54) is 5.56 Å². The van der Waals surface area contributed by atoms with Crippen molar-refractivity contribution in [2.75, 3.05) is 25.2 Å². The number of rotatable bonds is 2. The van der Waals surface area contributed by atoms with Crippen molar-refractivity contribution >= 4 is 11.6 Å². The molecule has 0 saturated heterocycles. The summed E-state index contributed by atoms with van der Waals surface area (Å²) in [6.07, 6.45) is 0.825. The first-order valence-electron chi connectivity index (χ1n) is 7.48. The number of anilines is 1. The first-order chi connectivity index (χ1) is 10.8. The van der Waals surface area contributed by atoms with Gasteiger partial charge in [0.15, 0.2) is 0 Å². The van der Waals surface area contributed by atoms with Crippen LogP contribution in [0.2, 0.25) is 0 Å². The average molecular weight is 295 g/mol. The van der Waals surface area contributed by atoms with Gasteiger partial charge in [-0.15, -0.1) is 0 Å². The molecule has 1 heterocycles. The van der Waals surface area contributed by atoms with Crippen molar-refractivity contribution in [1.82, 2.24) is 0 Å². The summed E-state index contributed by atoms with van der Waals surface area (Å²) < 4.78 is 10.9. The van der Waals surface area contributed by atoms with Gasteiger partial charge in [0, 0.05) is 6.07 Å². The summed E-state index contributed by atoms with van der Waals surface area (Å²) in [4.78, 5) is 14.8. The van der Waals surface area contributed by atoms with E-state index in [1.54, 1.807) is 7.11 Å². The van der Waals surface area contributed by atoms with Gasteiger partial charge in [-0.3, -0.25) is 4.79 Å². The number of fused-ring (bicyclic) bond motifs is 2. The maximum Gasteiger partial charge on any atom is 0.235 e. The molecule has 0 radical (unpaired) electrons. The predicted octanol–water partition coefficient (Wildman–Crippen LogP) is 2.76. The van der Waals surface area contributed by atoms with Crippen LogP contribution in [0.15, 0.2) is 42.5 Å². The largest absolute Gasteiger partial charge is 0.497 e. The van der Waals surface area contributed by atoms with Crippen molar-refractivity contribution in [2.45, 2.75) is 12.3 Å². The fourth-order valence-electron chi connectivity index (χ4n) is 3.22. The zero-order chi connectivity index (χ0) is 15.1. The lowest BCUT2D eigenvalue weighted by Crippen LogP contribution is -2.43. The number of benzene rings is 2. The van der Waals surface area contributed by atoms with E-state index in [1.807, 2.05) is 41.3 Å². The molecule has 0 bridgehead atoms. The topological polar surface area (TPSA) is 38.8 Å². The van der Waals surface area contributed by atoms with Gasteiger partial charge >= 0.3 is 0 Å². The van der Waals surface area contributed by atoms with Crippen molar-refractivity contribution in [3.8, 4) is 11.5 Å². The minimum atomic E-state index is -0.0339. The molecule has 22 heavy (non-hydrogen) atoms. The van der Waals surface area contributed by atoms with E-state index in [9.17, 15) is 4.79 Å². The van der Waals surface area contributed by atoms with E-state index < -0.39 is 0 Å². The second kappa shape index (κ2) is 5.05.